The van der Waals surface area contributed by atoms with Crippen LogP contribution in [0.2, 0.25) is 0 Å². The van der Waals surface area contributed by atoms with Crippen molar-refractivity contribution in [2.75, 3.05) is 18.0 Å². The first-order valence-corrected chi connectivity index (χ1v) is 5.99. The van der Waals surface area contributed by atoms with Crippen LogP contribution in [0.5, 0.6) is 0 Å². The molecule has 104 valence electrons. The van der Waals surface area contributed by atoms with E-state index >= 15 is 0 Å². The minimum absolute atomic E-state index is 0.00372. The molecule has 0 spiro atoms. The summed E-state index contributed by atoms with van der Waals surface area (Å²) in [5, 5.41) is 2.52. The van der Waals surface area contributed by atoms with E-state index in [1.54, 1.807) is 6.92 Å². The number of fused-ring (bicyclic) bond motifs is 1. The minimum atomic E-state index is -0.817. The van der Waals surface area contributed by atoms with Crippen LogP contribution in [0.25, 0.3) is 0 Å². The van der Waals surface area contributed by atoms with Gasteiger partial charge in [-0.1, -0.05) is 6.08 Å². The highest BCUT2D eigenvalue weighted by molar-refractivity contribution is 6.52. The zero-order valence-corrected chi connectivity index (χ0v) is 10.9. The lowest BCUT2D eigenvalue weighted by Crippen LogP contribution is -2.40. The van der Waals surface area contributed by atoms with Crippen LogP contribution in [-0.2, 0) is 9.59 Å². The van der Waals surface area contributed by atoms with E-state index < -0.39 is 23.4 Å². The lowest BCUT2D eigenvalue weighted by molar-refractivity contribution is -0.122. The van der Waals surface area contributed by atoms with E-state index in [9.17, 15) is 18.8 Å². The molecule has 1 aliphatic rings. The third-order valence-corrected chi connectivity index (χ3v) is 2.96. The molecule has 0 bridgehead atoms. The van der Waals surface area contributed by atoms with Crippen LogP contribution >= 0.6 is 0 Å². The molecule has 0 saturated heterocycles. The Hall–Kier alpha value is -2.50. The number of nitrogens with one attached hydrogen (secondary N) is 1. The van der Waals surface area contributed by atoms with Gasteiger partial charge in [-0.25, -0.2) is 4.39 Å². The number of hydrogen-bond donors (Lipinski definition) is 1. The fourth-order valence-corrected chi connectivity index (χ4v) is 2.14. The Morgan fingerprint density at radius 3 is 2.80 bits per heavy atom. The second-order valence-corrected chi connectivity index (χ2v) is 4.43. The summed E-state index contributed by atoms with van der Waals surface area (Å²) in [4.78, 5) is 36.4. The van der Waals surface area contributed by atoms with Crippen molar-refractivity contribution in [2.24, 2.45) is 0 Å². The molecule has 0 radical (unpaired) electrons. The van der Waals surface area contributed by atoms with E-state index in [1.807, 2.05) is 0 Å². The molecule has 1 N–H and O–H groups in total. The third kappa shape index (κ3) is 2.32. The zero-order valence-electron chi connectivity index (χ0n) is 10.9. The Bertz CT molecular complexity index is 625. The largest absolute Gasteiger partial charge is 0.351 e. The van der Waals surface area contributed by atoms with Crippen LogP contribution in [0.4, 0.5) is 10.1 Å². The van der Waals surface area contributed by atoms with Gasteiger partial charge in [-0.05, 0) is 24.6 Å². The maximum Gasteiger partial charge on any atom is 0.299 e. The molecule has 1 heterocycles. The first-order valence-electron chi connectivity index (χ1n) is 5.99. The van der Waals surface area contributed by atoms with E-state index in [1.165, 1.54) is 12.1 Å². The van der Waals surface area contributed by atoms with Crippen LogP contribution in [-0.4, -0.2) is 30.7 Å². The van der Waals surface area contributed by atoms with Crippen molar-refractivity contribution in [3.05, 3.63) is 41.7 Å². The summed E-state index contributed by atoms with van der Waals surface area (Å²) >= 11 is 0. The quantitative estimate of drug-likeness (QED) is 0.658. The van der Waals surface area contributed by atoms with E-state index in [0.29, 0.717) is 11.3 Å². The maximum absolute atomic E-state index is 13.3. The number of rotatable bonds is 4. The number of Topliss-reactive ketones (excluding diaryl/α,β-unsaturated/α-hetero) is 1. The Morgan fingerprint density at radius 1 is 1.45 bits per heavy atom. The molecule has 0 fully saturated rings. The Morgan fingerprint density at radius 2 is 2.15 bits per heavy atom. The number of nitrogens with zero attached hydrogens (tertiary/aromatic N) is 1. The fraction of sp³-hybridized carbons (Fsp3) is 0.214. The van der Waals surface area contributed by atoms with Gasteiger partial charge in [0.25, 0.3) is 11.7 Å². The van der Waals surface area contributed by atoms with E-state index in [2.05, 4.69) is 11.9 Å². The average molecular weight is 276 g/mol. The second-order valence-electron chi connectivity index (χ2n) is 4.43. The van der Waals surface area contributed by atoms with Crippen LogP contribution in [0.3, 0.4) is 0 Å². The highest BCUT2D eigenvalue weighted by atomic mass is 19.1. The van der Waals surface area contributed by atoms with Gasteiger partial charge in [0.1, 0.15) is 12.4 Å². The lowest BCUT2D eigenvalue weighted by atomic mass is 10.1. The van der Waals surface area contributed by atoms with Gasteiger partial charge in [-0.3, -0.25) is 19.3 Å². The van der Waals surface area contributed by atoms with Gasteiger partial charge < -0.3 is 5.32 Å². The summed E-state index contributed by atoms with van der Waals surface area (Å²) in [7, 11) is 0. The predicted molar refractivity (Wildman–Crippen MR) is 71.0 cm³/mol. The monoisotopic (exact) mass is 276 g/mol. The maximum atomic E-state index is 13.3. The van der Waals surface area contributed by atoms with Gasteiger partial charge in [0.15, 0.2) is 0 Å². The minimum Gasteiger partial charge on any atom is -0.351 e. The molecular weight excluding hydrogens is 263 g/mol. The summed E-state index contributed by atoms with van der Waals surface area (Å²) in [6.45, 7) is 5.03. The van der Waals surface area contributed by atoms with Gasteiger partial charge in [-0.15, -0.1) is 6.58 Å². The Kier molecular flexibility index (Phi) is 3.65. The molecule has 5 nitrogen and oxygen atoms in total. The zero-order chi connectivity index (χ0) is 14.9. The molecule has 1 aromatic rings. The first-order chi connectivity index (χ1) is 9.45. The standard InChI is InChI=1S/C14H13FN2O3/c1-3-4-16-11(18)7-17-12-8(2)5-9(15)6-10(12)13(19)14(17)20/h3,5-6H,1,4,7H2,2H3,(H,16,18). The first kappa shape index (κ1) is 13.9. The number of amides is 2. The number of anilines is 1. The Labute approximate surface area is 115 Å². The summed E-state index contributed by atoms with van der Waals surface area (Å²) in [5.41, 5.74) is 0.745. The molecule has 2 amide bonds. The highest BCUT2D eigenvalue weighted by Crippen LogP contribution is 2.32. The number of aryl methyl sites for hydroxylation is 1. The van der Waals surface area contributed by atoms with Crippen molar-refractivity contribution in [1.29, 1.82) is 0 Å². The van der Waals surface area contributed by atoms with Crippen LogP contribution in [0.15, 0.2) is 24.8 Å². The van der Waals surface area contributed by atoms with Crippen molar-refractivity contribution in [1.82, 2.24) is 5.32 Å². The highest BCUT2D eigenvalue weighted by Gasteiger charge is 2.38. The van der Waals surface area contributed by atoms with Crippen LogP contribution < -0.4 is 10.2 Å². The fourth-order valence-electron chi connectivity index (χ4n) is 2.14. The normalized spacial score (nSPS) is 13.4. The van der Waals surface area contributed by atoms with Crippen molar-refractivity contribution in [3.63, 3.8) is 0 Å². The molecule has 20 heavy (non-hydrogen) atoms. The predicted octanol–water partition coefficient (Wildman–Crippen LogP) is 0.966. The van der Waals surface area contributed by atoms with Crippen LogP contribution in [0, 0.1) is 12.7 Å². The van der Waals surface area contributed by atoms with Gasteiger partial charge >= 0.3 is 0 Å². The number of benzene rings is 1. The van der Waals surface area contributed by atoms with Gasteiger partial charge in [-0.2, -0.15) is 0 Å². The lowest BCUT2D eigenvalue weighted by Gasteiger charge is -2.17. The molecule has 1 aliphatic heterocycles. The summed E-state index contributed by atoms with van der Waals surface area (Å²) in [6, 6.07) is 2.24. The summed E-state index contributed by atoms with van der Waals surface area (Å²) in [6.07, 6.45) is 1.50. The number of ketones is 1. The van der Waals surface area contributed by atoms with Crippen molar-refractivity contribution < 1.29 is 18.8 Å². The molecule has 0 atom stereocenters. The molecule has 0 unspecified atom stereocenters. The summed E-state index contributed by atoms with van der Waals surface area (Å²) < 4.78 is 13.3. The molecule has 0 saturated carbocycles. The molecule has 1 aromatic carbocycles. The molecule has 0 aromatic heterocycles. The number of carbonyl (C=O) groups excluding carboxylic acids is 3. The van der Waals surface area contributed by atoms with Crippen molar-refractivity contribution in [3.8, 4) is 0 Å². The second kappa shape index (κ2) is 5.24. The topological polar surface area (TPSA) is 66.5 Å². The van der Waals surface area contributed by atoms with Crippen molar-refractivity contribution in [2.45, 2.75) is 6.92 Å². The van der Waals surface area contributed by atoms with E-state index in [0.717, 1.165) is 11.0 Å². The van der Waals surface area contributed by atoms with Crippen molar-refractivity contribution >= 4 is 23.3 Å². The Balaban J connectivity index is 2.33. The average Bonchev–Trinajstić information content (AvgIpc) is 2.62. The van der Waals surface area contributed by atoms with Gasteiger partial charge in [0.05, 0.1) is 11.3 Å². The van der Waals surface area contributed by atoms with E-state index in [-0.39, 0.29) is 18.7 Å². The third-order valence-electron chi connectivity index (χ3n) is 2.96. The summed E-state index contributed by atoms with van der Waals surface area (Å²) in [5.74, 6) is -2.61. The molecule has 0 aliphatic carbocycles. The number of carbonyl (C=O) groups is 3. The number of halogens is 1. The number of hydrogen-bond acceptors (Lipinski definition) is 3. The van der Waals surface area contributed by atoms with Gasteiger partial charge in [0, 0.05) is 6.54 Å². The van der Waals surface area contributed by atoms with E-state index in [4.69, 9.17) is 0 Å². The molecule has 6 heteroatoms. The molecule has 2 rings (SSSR count). The van der Waals surface area contributed by atoms with Gasteiger partial charge in [0.2, 0.25) is 5.91 Å². The van der Waals surface area contributed by atoms with Crippen LogP contribution in [0.1, 0.15) is 15.9 Å². The smallest absolute Gasteiger partial charge is 0.299 e. The SMILES string of the molecule is C=CCNC(=O)CN1C(=O)C(=O)c2cc(F)cc(C)c21. The molecular formula is C14H13FN2O3.